The maximum Gasteiger partial charge on any atom is 0.254 e. The molecule has 3 aromatic rings. The van der Waals surface area contributed by atoms with E-state index in [-0.39, 0.29) is 5.91 Å². The van der Waals surface area contributed by atoms with Gasteiger partial charge in [0.05, 0.1) is 17.3 Å². The Bertz CT molecular complexity index is 878. The van der Waals surface area contributed by atoms with Gasteiger partial charge in [-0.2, -0.15) is 5.10 Å². The van der Waals surface area contributed by atoms with Gasteiger partial charge in [0.25, 0.3) is 5.91 Å². The van der Waals surface area contributed by atoms with Gasteiger partial charge in [-0.25, -0.2) is 0 Å². The molecule has 1 fully saturated rings. The Kier molecular flexibility index (Phi) is 3.69. The van der Waals surface area contributed by atoms with Crippen LogP contribution in [0.2, 0.25) is 0 Å². The Morgan fingerprint density at radius 3 is 2.67 bits per heavy atom. The van der Waals surface area contributed by atoms with Crippen molar-refractivity contribution in [3.8, 4) is 0 Å². The molecule has 5 heteroatoms. The molecule has 0 spiro atoms. The minimum Gasteiger partial charge on any atom is -0.368 e. The number of hydrogen-bond donors (Lipinski definition) is 1. The van der Waals surface area contributed by atoms with E-state index in [0.29, 0.717) is 0 Å². The highest BCUT2D eigenvalue weighted by atomic mass is 16.2. The number of hydrogen-bond acceptors (Lipinski definition) is 3. The van der Waals surface area contributed by atoms with E-state index in [1.807, 2.05) is 23.1 Å². The molecule has 24 heavy (non-hydrogen) atoms. The quantitative estimate of drug-likeness (QED) is 0.790. The Hall–Kier alpha value is -2.82. The van der Waals surface area contributed by atoms with E-state index in [4.69, 9.17) is 0 Å². The van der Waals surface area contributed by atoms with Crippen molar-refractivity contribution < 1.29 is 4.79 Å². The molecule has 0 unspecified atom stereocenters. The molecule has 0 radical (unpaired) electrons. The Morgan fingerprint density at radius 1 is 1.08 bits per heavy atom. The summed E-state index contributed by atoms with van der Waals surface area (Å²) in [5.74, 6) is 0.0888. The number of carbonyl (C=O) groups excluding carboxylic acids is 1. The van der Waals surface area contributed by atoms with Gasteiger partial charge < -0.3 is 9.80 Å². The van der Waals surface area contributed by atoms with Crippen LogP contribution < -0.4 is 4.90 Å². The lowest BCUT2D eigenvalue weighted by Gasteiger charge is -2.36. The average molecular weight is 320 g/mol. The zero-order chi connectivity index (χ0) is 16.5. The lowest BCUT2D eigenvalue weighted by atomic mass is 10.1. The fraction of sp³-hybridized carbons (Fsp3) is 0.263. The normalized spacial score (nSPS) is 15.0. The van der Waals surface area contributed by atoms with Crippen molar-refractivity contribution in [1.82, 2.24) is 15.1 Å². The molecular formula is C19H20N4O. The Labute approximate surface area is 140 Å². The monoisotopic (exact) mass is 320 g/mol. The molecule has 1 aromatic heterocycles. The summed E-state index contributed by atoms with van der Waals surface area (Å²) in [6.07, 6.45) is 1.73. The number of piperazine rings is 1. The van der Waals surface area contributed by atoms with Gasteiger partial charge >= 0.3 is 0 Å². The number of aromatic nitrogens is 2. The fourth-order valence-electron chi connectivity index (χ4n) is 3.32. The van der Waals surface area contributed by atoms with Gasteiger partial charge in [-0.3, -0.25) is 9.89 Å². The molecular weight excluding hydrogens is 300 g/mol. The maximum atomic E-state index is 12.9. The van der Waals surface area contributed by atoms with Gasteiger partial charge in [0.15, 0.2) is 0 Å². The third-order valence-corrected chi connectivity index (χ3v) is 4.65. The molecule has 1 aliphatic heterocycles. The van der Waals surface area contributed by atoms with Crippen LogP contribution in [0, 0.1) is 6.92 Å². The highest BCUT2D eigenvalue weighted by Crippen LogP contribution is 2.21. The number of benzene rings is 2. The molecule has 0 bridgehead atoms. The number of anilines is 1. The SMILES string of the molecule is Cc1cccc(N2CCN(C(=O)c3cccc4[nH]ncc34)CC2)c1. The van der Waals surface area contributed by atoms with Crippen LogP contribution in [0.3, 0.4) is 0 Å². The molecule has 0 atom stereocenters. The summed E-state index contributed by atoms with van der Waals surface area (Å²) in [5, 5.41) is 7.86. The molecule has 1 aliphatic rings. The van der Waals surface area contributed by atoms with E-state index in [1.165, 1.54) is 11.3 Å². The average Bonchev–Trinajstić information content (AvgIpc) is 3.10. The number of H-pyrrole nitrogens is 1. The van der Waals surface area contributed by atoms with E-state index in [1.54, 1.807) is 6.20 Å². The molecule has 0 saturated carbocycles. The molecule has 2 aromatic carbocycles. The van der Waals surface area contributed by atoms with Crippen LogP contribution in [-0.4, -0.2) is 47.2 Å². The van der Waals surface area contributed by atoms with Gasteiger partial charge in [0.2, 0.25) is 0 Å². The number of rotatable bonds is 2. The van der Waals surface area contributed by atoms with Crippen molar-refractivity contribution in [3.63, 3.8) is 0 Å². The van der Waals surface area contributed by atoms with Gasteiger partial charge in [-0.1, -0.05) is 18.2 Å². The zero-order valence-electron chi connectivity index (χ0n) is 13.7. The van der Waals surface area contributed by atoms with Crippen LogP contribution in [0.15, 0.2) is 48.7 Å². The number of amides is 1. The second-order valence-electron chi connectivity index (χ2n) is 6.26. The topological polar surface area (TPSA) is 52.2 Å². The van der Waals surface area contributed by atoms with Crippen molar-refractivity contribution >= 4 is 22.5 Å². The second kappa shape index (κ2) is 6.00. The molecule has 4 rings (SSSR count). The van der Waals surface area contributed by atoms with Crippen molar-refractivity contribution in [3.05, 3.63) is 59.8 Å². The summed E-state index contributed by atoms with van der Waals surface area (Å²) in [6.45, 7) is 5.30. The Balaban J connectivity index is 1.49. The predicted octanol–water partition coefficient (Wildman–Crippen LogP) is 2.83. The van der Waals surface area contributed by atoms with E-state index < -0.39 is 0 Å². The van der Waals surface area contributed by atoms with Gasteiger partial charge in [0, 0.05) is 37.3 Å². The van der Waals surface area contributed by atoms with E-state index in [2.05, 4.69) is 46.3 Å². The zero-order valence-corrected chi connectivity index (χ0v) is 13.7. The summed E-state index contributed by atoms with van der Waals surface area (Å²) in [4.78, 5) is 17.2. The minimum absolute atomic E-state index is 0.0888. The lowest BCUT2D eigenvalue weighted by molar-refractivity contribution is 0.0749. The van der Waals surface area contributed by atoms with Crippen LogP contribution in [0.5, 0.6) is 0 Å². The van der Waals surface area contributed by atoms with E-state index >= 15 is 0 Å². The highest BCUT2D eigenvalue weighted by Gasteiger charge is 2.23. The summed E-state index contributed by atoms with van der Waals surface area (Å²) >= 11 is 0. The molecule has 122 valence electrons. The number of aryl methyl sites for hydroxylation is 1. The summed E-state index contributed by atoms with van der Waals surface area (Å²) < 4.78 is 0. The fourth-order valence-corrected chi connectivity index (χ4v) is 3.32. The summed E-state index contributed by atoms with van der Waals surface area (Å²) in [7, 11) is 0. The predicted molar refractivity (Wildman–Crippen MR) is 95.4 cm³/mol. The molecule has 1 N–H and O–H groups in total. The first-order valence-corrected chi connectivity index (χ1v) is 8.25. The largest absolute Gasteiger partial charge is 0.368 e. The molecule has 5 nitrogen and oxygen atoms in total. The smallest absolute Gasteiger partial charge is 0.254 e. The van der Waals surface area contributed by atoms with E-state index in [0.717, 1.165) is 42.6 Å². The van der Waals surface area contributed by atoms with Crippen LogP contribution in [0.1, 0.15) is 15.9 Å². The summed E-state index contributed by atoms with van der Waals surface area (Å²) in [5.41, 5.74) is 4.13. The third-order valence-electron chi connectivity index (χ3n) is 4.65. The van der Waals surface area contributed by atoms with Crippen LogP contribution in [0.25, 0.3) is 10.9 Å². The number of aromatic amines is 1. The van der Waals surface area contributed by atoms with Crippen molar-refractivity contribution in [2.45, 2.75) is 6.92 Å². The van der Waals surface area contributed by atoms with Crippen LogP contribution >= 0.6 is 0 Å². The van der Waals surface area contributed by atoms with Gasteiger partial charge in [-0.15, -0.1) is 0 Å². The number of fused-ring (bicyclic) bond motifs is 1. The maximum absolute atomic E-state index is 12.9. The van der Waals surface area contributed by atoms with Crippen LogP contribution in [0.4, 0.5) is 5.69 Å². The molecule has 1 amide bonds. The molecule has 0 aliphatic carbocycles. The lowest BCUT2D eigenvalue weighted by Crippen LogP contribution is -2.48. The molecule has 1 saturated heterocycles. The van der Waals surface area contributed by atoms with Gasteiger partial charge in [0.1, 0.15) is 0 Å². The summed E-state index contributed by atoms with van der Waals surface area (Å²) in [6, 6.07) is 14.2. The number of carbonyl (C=O) groups is 1. The standard InChI is InChI=1S/C19H20N4O/c1-14-4-2-5-15(12-14)22-8-10-23(11-9-22)19(24)16-6-3-7-18-17(16)13-20-21-18/h2-7,12-13H,8-11H2,1H3,(H,20,21). The first-order chi connectivity index (χ1) is 11.7. The van der Waals surface area contributed by atoms with Crippen molar-refractivity contribution in [2.24, 2.45) is 0 Å². The Morgan fingerprint density at radius 2 is 1.88 bits per heavy atom. The minimum atomic E-state index is 0.0888. The number of nitrogens with one attached hydrogen (secondary N) is 1. The highest BCUT2D eigenvalue weighted by molar-refractivity contribution is 6.06. The first kappa shape index (κ1) is 14.8. The number of nitrogens with zero attached hydrogens (tertiary/aromatic N) is 3. The van der Waals surface area contributed by atoms with Crippen molar-refractivity contribution in [2.75, 3.05) is 31.1 Å². The van der Waals surface area contributed by atoms with Crippen molar-refractivity contribution in [1.29, 1.82) is 0 Å². The third kappa shape index (κ3) is 2.62. The molecule has 2 heterocycles. The van der Waals surface area contributed by atoms with Crippen LogP contribution in [-0.2, 0) is 0 Å². The van der Waals surface area contributed by atoms with Gasteiger partial charge in [-0.05, 0) is 36.8 Å². The van der Waals surface area contributed by atoms with E-state index in [9.17, 15) is 4.79 Å². The second-order valence-corrected chi connectivity index (χ2v) is 6.26. The first-order valence-electron chi connectivity index (χ1n) is 8.25.